The minimum atomic E-state index is -0.461. The van der Waals surface area contributed by atoms with E-state index in [4.69, 9.17) is 0 Å². The van der Waals surface area contributed by atoms with E-state index >= 15 is 0 Å². The average Bonchev–Trinajstić information content (AvgIpc) is 2.91. The van der Waals surface area contributed by atoms with Gasteiger partial charge in [0, 0.05) is 22.9 Å². The minimum absolute atomic E-state index is 0.0278. The van der Waals surface area contributed by atoms with Crippen LogP contribution in [-0.2, 0) is 5.41 Å². The zero-order chi connectivity index (χ0) is 14.8. The van der Waals surface area contributed by atoms with Crippen molar-refractivity contribution in [3.05, 3.63) is 49.2 Å². The molecule has 0 spiro atoms. The van der Waals surface area contributed by atoms with E-state index in [1.165, 1.54) is 17.1 Å². The highest BCUT2D eigenvalue weighted by Crippen LogP contribution is 2.29. The summed E-state index contributed by atoms with van der Waals surface area (Å²) in [5, 5.41) is 15.9. The fourth-order valence-corrected chi connectivity index (χ4v) is 3.04. The molecule has 7 heteroatoms. The van der Waals surface area contributed by atoms with E-state index in [2.05, 4.69) is 51.5 Å². The molecule has 0 unspecified atom stereocenters. The van der Waals surface area contributed by atoms with Crippen LogP contribution < -0.4 is 5.32 Å². The summed E-state index contributed by atoms with van der Waals surface area (Å²) in [5.74, 6) is 0.611. The molecule has 0 aliphatic rings. The van der Waals surface area contributed by atoms with Gasteiger partial charge in [-0.25, -0.2) is 4.98 Å². The fraction of sp³-hybridized carbons (Fsp3) is 0.308. The van der Waals surface area contributed by atoms with Gasteiger partial charge >= 0.3 is 0 Å². The summed E-state index contributed by atoms with van der Waals surface area (Å²) in [7, 11) is 0. The van der Waals surface area contributed by atoms with Gasteiger partial charge in [0.15, 0.2) is 0 Å². The lowest BCUT2D eigenvalue weighted by atomic mass is 9.91. The van der Waals surface area contributed by atoms with Crippen molar-refractivity contribution >= 4 is 38.8 Å². The minimum Gasteiger partial charge on any atom is -0.368 e. The first-order chi connectivity index (χ1) is 9.40. The van der Waals surface area contributed by atoms with Crippen LogP contribution >= 0.6 is 27.3 Å². The number of hydrogen-bond acceptors (Lipinski definition) is 5. The Labute approximate surface area is 129 Å². The van der Waals surface area contributed by atoms with Crippen molar-refractivity contribution < 1.29 is 4.92 Å². The van der Waals surface area contributed by atoms with E-state index in [9.17, 15) is 10.1 Å². The highest BCUT2D eigenvalue weighted by Gasteiger charge is 2.22. The summed E-state index contributed by atoms with van der Waals surface area (Å²) >= 11 is 5.02. The molecule has 0 atom stereocenters. The quantitative estimate of drug-likeness (QED) is 0.644. The van der Waals surface area contributed by atoms with Gasteiger partial charge in [0.1, 0.15) is 12.0 Å². The number of pyridine rings is 1. The summed E-state index contributed by atoms with van der Waals surface area (Å²) in [5.41, 5.74) is -0.0585. The monoisotopic (exact) mass is 355 g/mol. The van der Waals surface area contributed by atoms with Crippen molar-refractivity contribution in [2.45, 2.75) is 19.3 Å². The largest absolute Gasteiger partial charge is 0.368 e. The number of anilines is 1. The number of hydrogen-bond donors (Lipinski definition) is 1. The SMILES string of the molecule is CC(C)(CNc1ncc([N+](=O)[O-])cc1Br)c1cccs1. The number of halogens is 1. The molecule has 1 N–H and O–H groups in total. The van der Waals surface area contributed by atoms with Crippen LogP contribution in [0.15, 0.2) is 34.2 Å². The first-order valence-corrected chi connectivity index (χ1v) is 7.65. The van der Waals surface area contributed by atoms with Gasteiger partial charge in [0.2, 0.25) is 0 Å². The van der Waals surface area contributed by atoms with E-state index in [0.29, 0.717) is 16.8 Å². The van der Waals surface area contributed by atoms with Crippen LogP contribution in [0.3, 0.4) is 0 Å². The highest BCUT2D eigenvalue weighted by molar-refractivity contribution is 9.10. The maximum absolute atomic E-state index is 10.7. The molecule has 5 nitrogen and oxygen atoms in total. The molecule has 0 amide bonds. The predicted molar refractivity (Wildman–Crippen MR) is 84.4 cm³/mol. The molecule has 2 aromatic heterocycles. The maximum Gasteiger partial charge on any atom is 0.288 e. The molecule has 2 heterocycles. The van der Waals surface area contributed by atoms with Gasteiger partial charge in [-0.1, -0.05) is 19.9 Å². The Morgan fingerprint density at radius 3 is 2.85 bits per heavy atom. The van der Waals surface area contributed by atoms with Crippen LogP contribution in [0.25, 0.3) is 0 Å². The van der Waals surface area contributed by atoms with Crippen molar-refractivity contribution in [1.82, 2.24) is 4.98 Å². The summed E-state index contributed by atoms with van der Waals surface area (Å²) in [4.78, 5) is 15.6. The summed E-state index contributed by atoms with van der Waals surface area (Å²) in [6, 6.07) is 5.58. The lowest BCUT2D eigenvalue weighted by molar-refractivity contribution is -0.385. The molecule has 0 fully saturated rings. The molecule has 0 saturated carbocycles. The van der Waals surface area contributed by atoms with Crippen LogP contribution in [-0.4, -0.2) is 16.5 Å². The van der Waals surface area contributed by atoms with Crippen LogP contribution in [0, 0.1) is 10.1 Å². The van der Waals surface area contributed by atoms with E-state index in [1.807, 2.05) is 6.07 Å². The van der Waals surface area contributed by atoms with Crippen LogP contribution in [0.5, 0.6) is 0 Å². The topological polar surface area (TPSA) is 68.1 Å². The maximum atomic E-state index is 10.7. The van der Waals surface area contributed by atoms with Gasteiger partial charge in [0.05, 0.1) is 9.40 Å². The molecule has 0 aliphatic carbocycles. The van der Waals surface area contributed by atoms with Crippen molar-refractivity contribution in [3.8, 4) is 0 Å². The Balaban J connectivity index is 2.10. The van der Waals surface area contributed by atoms with Crippen molar-refractivity contribution in [2.75, 3.05) is 11.9 Å². The summed E-state index contributed by atoms with van der Waals surface area (Å²) in [6.07, 6.45) is 1.26. The molecule has 0 saturated heterocycles. The third-order valence-electron chi connectivity index (χ3n) is 2.92. The number of nitro groups is 1. The van der Waals surface area contributed by atoms with E-state index in [1.54, 1.807) is 11.3 Å². The first kappa shape index (κ1) is 14.9. The summed E-state index contributed by atoms with van der Waals surface area (Å²) < 4.78 is 0.591. The third kappa shape index (κ3) is 3.34. The molecule has 0 aliphatic heterocycles. The van der Waals surface area contributed by atoms with Gasteiger partial charge in [-0.15, -0.1) is 11.3 Å². The molecule has 20 heavy (non-hydrogen) atoms. The number of aromatic nitrogens is 1. The zero-order valence-electron chi connectivity index (χ0n) is 11.1. The molecule has 106 valence electrons. The number of thiophene rings is 1. The van der Waals surface area contributed by atoms with Crippen LogP contribution in [0.1, 0.15) is 18.7 Å². The Morgan fingerprint density at radius 2 is 2.30 bits per heavy atom. The predicted octanol–water partition coefficient (Wildman–Crippen LogP) is 4.20. The van der Waals surface area contributed by atoms with Crippen LogP contribution in [0.2, 0.25) is 0 Å². The molecule has 0 radical (unpaired) electrons. The lowest BCUT2D eigenvalue weighted by Crippen LogP contribution is -2.27. The number of nitrogens with one attached hydrogen (secondary N) is 1. The van der Waals surface area contributed by atoms with E-state index < -0.39 is 4.92 Å². The van der Waals surface area contributed by atoms with Gasteiger partial charge in [-0.2, -0.15) is 0 Å². The molecular formula is C13H14BrN3O2S. The fourth-order valence-electron chi connectivity index (χ4n) is 1.71. The molecular weight excluding hydrogens is 342 g/mol. The Kier molecular flexibility index (Phi) is 4.39. The van der Waals surface area contributed by atoms with Crippen molar-refractivity contribution in [1.29, 1.82) is 0 Å². The first-order valence-electron chi connectivity index (χ1n) is 5.98. The average molecular weight is 356 g/mol. The molecule has 0 bridgehead atoms. The van der Waals surface area contributed by atoms with Gasteiger partial charge < -0.3 is 5.32 Å². The highest BCUT2D eigenvalue weighted by atomic mass is 79.9. The van der Waals surface area contributed by atoms with Gasteiger partial charge in [-0.05, 0) is 27.4 Å². The number of rotatable bonds is 5. The zero-order valence-corrected chi connectivity index (χ0v) is 13.5. The Morgan fingerprint density at radius 1 is 1.55 bits per heavy atom. The van der Waals surface area contributed by atoms with Gasteiger partial charge in [-0.3, -0.25) is 10.1 Å². The second-order valence-corrected chi connectivity index (χ2v) is 6.80. The molecule has 0 aromatic carbocycles. The smallest absolute Gasteiger partial charge is 0.288 e. The standard InChI is InChI=1S/C13H14BrN3O2S/c1-13(2,11-4-3-5-20-11)8-16-12-10(14)6-9(7-15-12)17(18)19/h3-7H,8H2,1-2H3,(H,15,16). The summed E-state index contributed by atoms with van der Waals surface area (Å²) in [6.45, 7) is 4.98. The van der Waals surface area contributed by atoms with Gasteiger partial charge in [0.25, 0.3) is 5.69 Å². The van der Waals surface area contributed by atoms with Crippen LogP contribution in [0.4, 0.5) is 11.5 Å². The van der Waals surface area contributed by atoms with Crippen molar-refractivity contribution in [3.63, 3.8) is 0 Å². The van der Waals surface area contributed by atoms with E-state index in [0.717, 1.165) is 0 Å². The number of nitrogens with zero attached hydrogens (tertiary/aromatic N) is 2. The normalized spacial score (nSPS) is 11.3. The third-order valence-corrected chi connectivity index (χ3v) is 4.76. The Bertz CT molecular complexity index is 614. The Hall–Kier alpha value is -1.47. The lowest BCUT2D eigenvalue weighted by Gasteiger charge is -2.24. The van der Waals surface area contributed by atoms with Crippen molar-refractivity contribution in [2.24, 2.45) is 0 Å². The van der Waals surface area contributed by atoms with E-state index in [-0.39, 0.29) is 11.1 Å². The second-order valence-electron chi connectivity index (χ2n) is 5.00. The molecule has 2 aromatic rings. The second kappa shape index (κ2) is 5.88. The molecule has 2 rings (SSSR count).